The van der Waals surface area contributed by atoms with Crippen molar-refractivity contribution in [1.82, 2.24) is 30.1 Å². The van der Waals surface area contributed by atoms with Gasteiger partial charge in [-0.25, -0.2) is 0 Å². The fourth-order valence-corrected chi connectivity index (χ4v) is 2.58. The summed E-state index contributed by atoms with van der Waals surface area (Å²) in [7, 11) is 0. The van der Waals surface area contributed by atoms with Gasteiger partial charge in [-0.3, -0.25) is 9.78 Å². The molecule has 0 unspecified atom stereocenters. The van der Waals surface area contributed by atoms with Crippen LogP contribution in [0.15, 0.2) is 60.9 Å². The molecule has 0 aliphatic heterocycles. The molecule has 7 nitrogen and oxygen atoms in total. The summed E-state index contributed by atoms with van der Waals surface area (Å²) in [6.07, 6.45) is 3.14. The molecule has 3 heterocycles. The maximum atomic E-state index is 12.2. The molecule has 0 aliphatic rings. The summed E-state index contributed by atoms with van der Waals surface area (Å²) in [5.41, 5.74) is 4.15. The Kier molecular flexibility index (Phi) is 4.10. The van der Waals surface area contributed by atoms with Crippen molar-refractivity contribution >= 4 is 11.6 Å². The van der Waals surface area contributed by atoms with Crippen LogP contribution in [-0.4, -0.2) is 30.7 Å². The first-order valence-corrected chi connectivity index (χ1v) is 8.17. The summed E-state index contributed by atoms with van der Waals surface area (Å²) in [5.74, 6) is 0.343. The molecule has 1 N–H and O–H groups in total. The van der Waals surface area contributed by atoms with Gasteiger partial charge in [-0.15, -0.1) is 10.2 Å². The SMILES string of the molecule is Cc1ccc(-c2ccc3nnc(CNC(=O)c4cccnc4)n3n2)cc1. The summed E-state index contributed by atoms with van der Waals surface area (Å²) >= 11 is 0. The largest absolute Gasteiger partial charge is 0.345 e. The Bertz CT molecular complexity index is 1060. The van der Waals surface area contributed by atoms with Crippen LogP contribution in [0, 0.1) is 6.92 Å². The molecular weight excluding hydrogens is 328 g/mol. The molecule has 26 heavy (non-hydrogen) atoms. The summed E-state index contributed by atoms with van der Waals surface area (Å²) in [5, 5.41) is 15.7. The zero-order valence-electron chi connectivity index (χ0n) is 14.1. The first kappa shape index (κ1) is 15.9. The highest BCUT2D eigenvalue weighted by Gasteiger charge is 2.11. The van der Waals surface area contributed by atoms with E-state index in [9.17, 15) is 4.79 Å². The molecule has 0 radical (unpaired) electrons. The van der Waals surface area contributed by atoms with Crippen LogP contribution in [-0.2, 0) is 6.54 Å². The van der Waals surface area contributed by atoms with Gasteiger partial charge in [0.15, 0.2) is 11.5 Å². The number of nitrogens with zero attached hydrogens (tertiary/aromatic N) is 5. The number of benzene rings is 1. The molecule has 7 heteroatoms. The van der Waals surface area contributed by atoms with E-state index in [1.165, 1.54) is 11.8 Å². The predicted molar refractivity (Wildman–Crippen MR) is 96.4 cm³/mol. The molecule has 0 fully saturated rings. The lowest BCUT2D eigenvalue weighted by atomic mass is 10.1. The molecule has 0 atom stereocenters. The van der Waals surface area contributed by atoms with Crippen LogP contribution in [0.3, 0.4) is 0 Å². The van der Waals surface area contributed by atoms with Gasteiger partial charge in [0.2, 0.25) is 0 Å². The Labute approximate surface area is 149 Å². The van der Waals surface area contributed by atoms with Gasteiger partial charge < -0.3 is 5.32 Å². The van der Waals surface area contributed by atoms with Crippen LogP contribution in [0.5, 0.6) is 0 Å². The van der Waals surface area contributed by atoms with E-state index >= 15 is 0 Å². The van der Waals surface area contributed by atoms with Crippen molar-refractivity contribution in [2.24, 2.45) is 0 Å². The van der Waals surface area contributed by atoms with Crippen molar-refractivity contribution in [2.75, 3.05) is 0 Å². The zero-order valence-corrected chi connectivity index (χ0v) is 14.1. The Hall–Kier alpha value is -3.61. The van der Waals surface area contributed by atoms with E-state index in [4.69, 9.17) is 0 Å². The van der Waals surface area contributed by atoms with Crippen molar-refractivity contribution in [3.63, 3.8) is 0 Å². The highest BCUT2D eigenvalue weighted by molar-refractivity contribution is 5.93. The quantitative estimate of drug-likeness (QED) is 0.614. The number of aromatic nitrogens is 5. The molecular formula is C19H16N6O. The highest BCUT2D eigenvalue weighted by Crippen LogP contribution is 2.18. The van der Waals surface area contributed by atoms with Gasteiger partial charge in [-0.2, -0.15) is 9.61 Å². The third-order valence-electron chi connectivity index (χ3n) is 4.01. The van der Waals surface area contributed by atoms with Gasteiger partial charge in [0.25, 0.3) is 5.91 Å². The lowest BCUT2D eigenvalue weighted by Gasteiger charge is -2.05. The number of fused-ring (bicyclic) bond motifs is 1. The minimum absolute atomic E-state index is 0.218. The number of nitrogens with one attached hydrogen (secondary N) is 1. The van der Waals surface area contributed by atoms with E-state index in [2.05, 4.69) is 25.6 Å². The minimum atomic E-state index is -0.218. The van der Waals surface area contributed by atoms with Crippen molar-refractivity contribution in [1.29, 1.82) is 0 Å². The molecule has 128 valence electrons. The standard InChI is InChI=1S/C19H16N6O/c1-13-4-6-14(7-5-13)16-8-9-17-22-23-18(25(17)24-16)12-21-19(26)15-3-2-10-20-11-15/h2-11H,12H2,1H3,(H,21,26). The third-order valence-corrected chi connectivity index (χ3v) is 4.01. The van der Waals surface area contributed by atoms with Crippen LogP contribution in [0.4, 0.5) is 0 Å². The molecule has 0 saturated carbocycles. The van der Waals surface area contributed by atoms with E-state index in [0.717, 1.165) is 11.3 Å². The second-order valence-electron chi connectivity index (χ2n) is 5.90. The molecule has 3 aromatic heterocycles. The van der Waals surface area contributed by atoms with Gasteiger partial charge >= 0.3 is 0 Å². The number of hydrogen-bond acceptors (Lipinski definition) is 5. The Morgan fingerprint density at radius 2 is 1.92 bits per heavy atom. The molecule has 1 aromatic carbocycles. The Morgan fingerprint density at radius 1 is 1.08 bits per heavy atom. The number of carbonyl (C=O) groups is 1. The van der Waals surface area contributed by atoms with E-state index in [1.54, 1.807) is 22.8 Å². The number of aryl methyl sites for hydroxylation is 1. The first-order chi connectivity index (χ1) is 12.7. The minimum Gasteiger partial charge on any atom is -0.345 e. The molecule has 0 spiro atoms. The number of amides is 1. The van der Waals surface area contributed by atoms with E-state index in [0.29, 0.717) is 17.0 Å². The second kappa shape index (κ2) is 6.72. The van der Waals surface area contributed by atoms with Crippen molar-refractivity contribution in [3.05, 3.63) is 77.9 Å². The van der Waals surface area contributed by atoms with Gasteiger partial charge in [0.1, 0.15) is 0 Å². The predicted octanol–water partition coefficient (Wildman–Crippen LogP) is 2.42. The molecule has 1 amide bonds. The van der Waals surface area contributed by atoms with Gasteiger partial charge in [0, 0.05) is 18.0 Å². The molecule has 0 aliphatic carbocycles. The zero-order chi connectivity index (χ0) is 17.9. The summed E-state index contributed by atoms with van der Waals surface area (Å²) in [4.78, 5) is 16.1. The normalized spacial score (nSPS) is 10.8. The van der Waals surface area contributed by atoms with Crippen molar-refractivity contribution < 1.29 is 4.79 Å². The molecule has 4 rings (SSSR count). The van der Waals surface area contributed by atoms with Crippen LogP contribution in [0.25, 0.3) is 16.9 Å². The van der Waals surface area contributed by atoms with E-state index in [1.807, 2.05) is 43.3 Å². The monoisotopic (exact) mass is 344 g/mol. The maximum Gasteiger partial charge on any atom is 0.253 e. The van der Waals surface area contributed by atoms with E-state index in [-0.39, 0.29) is 12.5 Å². The smallest absolute Gasteiger partial charge is 0.253 e. The lowest BCUT2D eigenvalue weighted by Crippen LogP contribution is -2.24. The van der Waals surface area contributed by atoms with Crippen LogP contribution in [0.1, 0.15) is 21.7 Å². The fourth-order valence-electron chi connectivity index (χ4n) is 2.58. The Morgan fingerprint density at radius 3 is 2.69 bits per heavy atom. The second-order valence-corrected chi connectivity index (χ2v) is 5.90. The summed E-state index contributed by atoms with van der Waals surface area (Å²) < 4.78 is 1.65. The first-order valence-electron chi connectivity index (χ1n) is 8.17. The number of pyridine rings is 1. The number of rotatable bonds is 4. The Balaban J connectivity index is 1.58. The topological polar surface area (TPSA) is 85.1 Å². The van der Waals surface area contributed by atoms with Crippen LogP contribution >= 0.6 is 0 Å². The van der Waals surface area contributed by atoms with Gasteiger partial charge in [-0.05, 0) is 31.2 Å². The summed E-state index contributed by atoms with van der Waals surface area (Å²) in [6, 6.07) is 15.3. The molecule has 0 bridgehead atoms. The van der Waals surface area contributed by atoms with Crippen LogP contribution < -0.4 is 5.32 Å². The third kappa shape index (κ3) is 3.14. The number of carbonyl (C=O) groups excluding carboxylic acids is 1. The van der Waals surface area contributed by atoms with Crippen molar-refractivity contribution in [2.45, 2.75) is 13.5 Å². The lowest BCUT2D eigenvalue weighted by molar-refractivity contribution is 0.0949. The van der Waals surface area contributed by atoms with E-state index < -0.39 is 0 Å². The summed E-state index contributed by atoms with van der Waals surface area (Å²) in [6.45, 7) is 2.27. The van der Waals surface area contributed by atoms with Gasteiger partial charge in [0.05, 0.1) is 17.8 Å². The molecule has 0 saturated heterocycles. The van der Waals surface area contributed by atoms with Crippen LogP contribution in [0.2, 0.25) is 0 Å². The maximum absolute atomic E-state index is 12.2. The fraction of sp³-hybridized carbons (Fsp3) is 0.105. The average molecular weight is 344 g/mol. The molecule has 4 aromatic rings. The van der Waals surface area contributed by atoms with Gasteiger partial charge in [-0.1, -0.05) is 29.8 Å². The number of hydrogen-bond donors (Lipinski definition) is 1. The van der Waals surface area contributed by atoms with Crippen molar-refractivity contribution in [3.8, 4) is 11.3 Å². The highest BCUT2D eigenvalue weighted by atomic mass is 16.1. The average Bonchev–Trinajstić information content (AvgIpc) is 3.09.